The average molecular weight is 607 g/mol. The number of phenols is 1. The number of carbonyl (C=O) groups is 7. The zero-order valence-electron chi connectivity index (χ0n) is 22.9. The van der Waals surface area contributed by atoms with E-state index in [2.05, 4.69) is 31.6 Å². The van der Waals surface area contributed by atoms with Gasteiger partial charge in [-0.2, -0.15) is 0 Å². The van der Waals surface area contributed by atoms with Gasteiger partial charge in [0.05, 0.1) is 19.4 Å². The van der Waals surface area contributed by atoms with Crippen molar-refractivity contribution >= 4 is 47.4 Å². The van der Waals surface area contributed by atoms with Gasteiger partial charge in [-0.25, -0.2) is 0 Å². The molecule has 1 aromatic rings. The topological polar surface area (TPSA) is 305 Å². The fourth-order valence-electron chi connectivity index (χ4n) is 3.97. The number of nitrogens with one attached hydrogen (secondary N) is 5. The zero-order valence-corrected chi connectivity index (χ0v) is 22.9. The average Bonchev–Trinajstić information content (AvgIpc) is 2.92. The number of hydrogen-bond donors (Lipinski definition) is 10. The molecule has 0 spiro atoms. The van der Waals surface area contributed by atoms with Crippen LogP contribution in [0.15, 0.2) is 29.3 Å². The van der Waals surface area contributed by atoms with Crippen molar-refractivity contribution in [2.24, 2.45) is 16.5 Å². The van der Waals surface area contributed by atoms with Crippen molar-refractivity contribution in [1.82, 2.24) is 26.6 Å². The maximum absolute atomic E-state index is 13.3. The van der Waals surface area contributed by atoms with Crippen LogP contribution in [0.3, 0.4) is 0 Å². The first-order valence-electron chi connectivity index (χ1n) is 13.0. The number of amides is 5. The summed E-state index contributed by atoms with van der Waals surface area (Å²) < 4.78 is 0. The summed E-state index contributed by atoms with van der Waals surface area (Å²) in [5.74, 6) is -8.18. The summed E-state index contributed by atoms with van der Waals surface area (Å²) in [5.41, 5.74) is 11.0. The Balaban J connectivity index is 2.47. The predicted molar refractivity (Wildman–Crippen MR) is 147 cm³/mol. The minimum absolute atomic E-state index is 0.0606. The summed E-state index contributed by atoms with van der Waals surface area (Å²) in [4.78, 5) is 91.8. The van der Waals surface area contributed by atoms with Crippen molar-refractivity contribution < 1.29 is 48.9 Å². The molecule has 0 saturated carbocycles. The Morgan fingerprint density at radius 2 is 1.28 bits per heavy atom. The molecule has 12 N–H and O–H groups in total. The molecule has 18 nitrogen and oxygen atoms in total. The van der Waals surface area contributed by atoms with Crippen LogP contribution in [0, 0.1) is 0 Å². The lowest BCUT2D eigenvalue weighted by molar-refractivity contribution is -0.141. The molecule has 5 amide bonds. The van der Waals surface area contributed by atoms with E-state index in [9.17, 15) is 48.9 Å². The molecule has 0 aromatic heterocycles. The molecule has 0 bridgehead atoms. The number of carboxylic acids is 2. The number of aromatic hydroxyl groups is 1. The second kappa shape index (κ2) is 16.1. The molecule has 0 radical (unpaired) electrons. The number of nitrogens with zero attached hydrogens (tertiary/aromatic N) is 1. The van der Waals surface area contributed by atoms with Crippen LogP contribution >= 0.6 is 0 Å². The van der Waals surface area contributed by atoms with E-state index in [0.717, 1.165) is 0 Å². The first-order valence-corrected chi connectivity index (χ1v) is 13.0. The highest BCUT2D eigenvalue weighted by Crippen LogP contribution is 2.12. The van der Waals surface area contributed by atoms with E-state index in [0.29, 0.717) is 5.56 Å². The van der Waals surface area contributed by atoms with Gasteiger partial charge < -0.3 is 53.4 Å². The molecular weight excluding hydrogens is 572 g/mol. The molecule has 1 aromatic carbocycles. The van der Waals surface area contributed by atoms with E-state index >= 15 is 0 Å². The second-order valence-corrected chi connectivity index (χ2v) is 9.54. The number of rotatable bonds is 10. The van der Waals surface area contributed by atoms with Gasteiger partial charge in [0.2, 0.25) is 29.5 Å². The summed E-state index contributed by atoms with van der Waals surface area (Å²) in [5, 5.41) is 39.7. The highest BCUT2D eigenvalue weighted by Gasteiger charge is 2.34. The summed E-state index contributed by atoms with van der Waals surface area (Å²) in [6, 6.07) is -0.701. The van der Waals surface area contributed by atoms with Gasteiger partial charge in [-0.1, -0.05) is 12.1 Å². The lowest BCUT2D eigenvalue weighted by Gasteiger charge is -2.25. The second-order valence-electron chi connectivity index (χ2n) is 9.54. The maximum Gasteiger partial charge on any atom is 0.305 e. The van der Waals surface area contributed by atoms with Crippen LogP contribution in [-0.4, -0.2) is 100 Å². The normalized spacial score (nSPS) is 21.9. The monoisotopic (exact) mass is 606 g/mol. The lowest BCUT2D eigenvalue weighted by Crippen LogP contribution is -2.58. The van der Waals surface area contributed by atoms with Gasteiger partial charge in [0, 0.05) is 13.0 Å². The van der Waals surface area contributed by atoms with Crippen LogP contribution in [-0.2, 0) is 40.0 Å². The molecule has 18 heteroatoms. The molecular formula is C25H34N8O10. The van der Waals surface area contributed by atoms with E-state index in [1.54, 1.807) is 0 Å². The number of guanidine groups is 1. The number of hydrogen-bond acceptors (Lipinski definition) is 9. The Kier molecular flexibility index (Phi) is 12.7. The summed E-state index contributed by atoms with van der Waals surface area (Å²) in [6.45, 7) is -0.642. The number of carboxylic acid groups (broad SMARTS) is 2. The molecule has 1 fully saturated rings. The molecule has 1 aliphatic heterocycles. The smallest absolute Gasteiger partial charge is 0.305 e. The third-order valence-corrected chi connectivity index (χ3v) is 6.05. The van der Waals surface area contributed by atoms with Crippen LogP contribution in [0.2, 0.25) is 0 Å². The minimum Gasteiger partial charge on any atom is -0.508 e. The van der Waals surface area contributed by atoms with Crippen LogP contribution in [0.5, 0.6) is 5.75 Å². The molecule has 234 valence electrons. The van der Waals surface area contributed by atoms with E-state index in [4.69, 9.17) is 11.5 Å². The first kappa shape index (κ1) is 33.8. The fourth-order valence-corrected chi connectivity index (χ4v) is 3.97. The minimum atomic E-state index is -1.71. The van der Waals surface area contributed by atoms with Crippen molar-refractivity contribution in [3.63, 3.8) is 0 Å². The highest BCUT2D eigenvalue weighted by molar-refractivity contribution is 5.98. The van der Waals surface area contributed by atoms with Crippen molar-refractivity contribution in [2.75, 3.05) is 13.1 Å². The van der Waals surface area contributed by atoms with E-state index in [-0.39, 0.29) is 37.5 Å². The van der Waals surface area contributed by atoms with Gasteiger partial charge in [0.25, 0.3) is 0 Å². The number of carbonyl (C=O) groups excluding carboxylic acids is 5. The molecule has 43 heavy (non-hydrogen) atoms. The van der Waals surface area contributed by atoms with Crippen LogP contribution < -0.4 is 38.1 Å². The van der Waals surface area contributed by atoms with Gasteiger partial charge in [0.15, 0.2) is 5.96 Å². The van der Waals surface area contributed by atoms with Gasteiger partial charge >= 0.3 is 11.9 Å². The molecule has 1 saturated heterocycles. The molecule has 4 atom stereocenters. The lowest BCUT2D eigenvalue weighted by atomic mass is 10.0. The van der Waals surface area contributed by atoms with Crippen molar-refractivity contribution in [3.8, 4) is 5.75 Å². The Hall–Kier alpha value is -5.42. The van der Waals surface area contributed by atoms with Crippen LogP contribution in [0.4, 0.5) is 0 Å². The Morgan fingerprint density at radius 1 is 0.767 bits per heavy atom. The van der Waals surface area contributed by atoms with Gasteiger partial charge in [-0.05, 0) is 30.5 Å². The largest absolute Gasteiger partial charge is 0.508 e. The molecule has 1 heterocycles. The standard InChI is InChI=1S/C25H34N8O10/c26-25(27)28-7-1-2-14-22(41)33-17(10-20(38)39)24(43)31-15(8-12-3-5-13(34)6-4-12)23(42)32-16(9-19(36)37)21(40)29-11-18(35)30-14/h3-6,14-17,34H,1-2,7-11H2,(H,29,40)(H,30,35)(H,31,43)(H,32,42)(H,33,41)(H,36,37)(H,38,39)(H4,26,27,28)/t14-,15-,16-,17-/m0/s1. The Morgan fingerprint density at radius 3 is 1.84 bits per heavy atom. The van der Waals surface area contributed by atoms with E-state index in [1.807, 2.05) is 0 Å². The number of benzene rings is 1. The van der Waals surface area contributed by atoms with Gasteiger partial charge in [0.1, 0.15) is 29.9 Å². The summed E-state index contributed by atoms with van der Waals surface area (Å²) in [7, 11) is 0. The third-order valence-electron chi connectivity index (χ3n) is 6.05. The predicted octanol–water partition coefficient (Wildman–Crippen LogP) is -3.99. The molecule has 0 aliphatic carbocycles. The Labute approximate surface area is 244 Å². The quantitative estimate of drug-likeness (QED) is 0.0692. The number of phenolic OH excluding ortho intramolecular Hbond substituents is 1. The first-order chi connectivity index (χ1) is 20.2. The van der Waals surface area contributed by atoms with E-state index in [1.165, 1.54) is 24.3 Å². The molecule has 1 aliphatic rings. The molecule has 0 unspecified atom stereocenters. The van der Waals surface area contributed by atoms with E-state index < -0.39 is 85.0 Å². The zero-order chi connectivity index (χ0) is 32.1. The number of aliphatic imine (C=N–C) groups is 1. The SMILES string of the molecule is NC(N)=NCCC[C@@H]1NC(=O)CNC(=O)[C@H](CC(=O)O)NC(=O)[C@H](Cc2ccc(O)cc2)NC(=O)[C@H](CC(=O)O)NC1=O. The Bertz CT molecular complexity index is 1250. The third kappa shape index (κ3) is 11.9. The van der Waals surface area contributed by atoms with Gasteiger partial charge in [-0.3, -0.25) is 38.6 Å². The number of aliphatic carboxylic acids is 2. The summed E-state index contributed by atoms with van der Waals surface area (Å²) >= 11 is 0. The fraction of sp³-hybridized carbons (Fsp3) is 0.440. The number of nitrogens with two attached hydrogens (primary N) is 2. The van der Waals surface area contributed by atoms with Crippen LogP contribution in [0.1, 0.15) is 31.2 Å². The summed E-state index contributed by atoms with van der Waals surface area (Å²) in [6.07, 6.45) is -1.91. The van der Waals surface area contributed by atoms with Gasteiger partial charge in [-0.15, -0.1) is 0 Å². The van der Waals surface area contributed by atoms with Crippen molar-refractivity contribution in [1.29, 1.82) is 0 Å². The van der Waals surface area contributed by atoms with Crippen LogP contribution in [0.25, 0.3) is 0 Å². The maximum atomic E-state index is 13.3. The molecule has 2 rings (SSSR count). The van der Waals surface area contributed by atoms with Crippen molar-refractivity contribution in [2.45, 2.75) is 56.3 Å². The highest BCUT2D eigenvalue weighted by atomic mass is 16.4. The van der Waals surface area contributed by atoms with Crippen molar-refractivity contribution in [3.05, 3.63) is 29.8 Å².